The van der Waals surface area contributed by atoms with Gasteiger partial charge in [-0.25, -0.2) is 0 Å². The summed E-state index contributed by atoms with van der Waals surface area (Å²) in [6.07, 6.45) is 5.72. The van der Waals surface area contributed by atoms with Gasteiger partial charge in [0.1, 0.15) is 11.5 Å². The van der Waals surface area contributed by atoms with Crippen LogP contribution in [0.15, 0.2) is 18.2 Å². The third-order valence-corrected chi connectivity index (χ3v) is 9.10. The van der Waals surface area contributed by atoms with Crippen LogP contribution in [0.25, 0.3) is 0 Å². The SMILES string of the molecule is CCO[Si](CCCOc1ccc2c(c1)COC(C)(C1CCCC1)O2)(OCC)OCC. The fourth-order valence-corrected chi connectivity index (χ4v) is 7.04. The molecule has 0 saturated heterocycles. The zero-order chi connectivity index (χ0) is 21.5. The maximum atomic E-state index is 6.29. The van der Waals surface area contributed by atoms with Crippen molar-refractivity contribution in [1.82, 2.24) is 0 Å². The van der Waals surface area contributed by atoms with Gasteiger partial charge < -0.3 is 27.5 Å². The van der Waals surface area contributed by atoms with Crippen molar-refractivity contribution in [3.05, 3.63) is 23.8 Å². The van der Waals surface area contributed by atoms with Crippen LogP contribution in [-0.4, -0.2) is 41.0 Å². The van der Waals surface area contributed by atoms with Gasteiger partial charge in [0.2, 0.25) is 5.79 Å². The zero-order valence-electron chi connectivity index (χ0n) is 19.0. The third kappa shape index (κ3) is 5.76. The predicted molar refractivity (Wildman–Crippen MR) is 118 cm³/mol. The summed E-state index contributed by atoms with van der Waals surface area (Å²) in [6, 6.07) is 6.78. The summed E-state index contributed by atoms with van der Waals surface area (Å²) in [7, 11) is -2.61. The van der Waals surface area contributed by atoms with E-state index in [4.69, 9.17) is 27.5 Å². The minimum Gasteiger partial charge on any atom is -0.494 e. The van der Waals surface area contributed by atoms with Crippen LogP contribution in [0.4, 0.5) is 0 Å². The number of benzene rings is 1. The Hall–Kier alpha value is -1.12. The average molecular weight is 439 g/mol. The predicted octanol–water partition coefficient (Wildman–Crippen LogP) is 5.32. The summed E-state index contributed by atoms with van der Waals surface area (Å²) in [5, 5.41) is 0. The molecule has 0 N–H and O–H groups in total. The van der Waals surface area contributed by atoms with Crippen LogP contribution in [0.3, 0.4) is 0 Å². The van der Waals surface area contributed by atoms with E-state index in [1.807, 2.05) is 39.0 Å². The average Bonchev–Trinajstić information content (AvgIpc) is 3.28. The molecule has 170 valence electrons. The van der Waals surface area contributed by atoms with Gasteiger partial charge in [0, 0.05) is 44.3 Å². The van der Waals surface area contributed by atoms with E-state index in [2.05, 4.69) is 6.92 Å². The maximum absolute atomic E-state index is 6.29. The number of hydrogen-bond acceptors (Lipinski definition) is 6. The van der Waals surface area contributed by atoms with E-state index in [1.54, 1.807) is 0 Å². The van der Waals surface area contributed by atoms with Crippen molar-refractivity contribution in [2.24, 2.45) is 5.92 Å². The molecule has 0 bridgehead atoms. The Labute approximate surface area is 182 Å². The van der Waals surface area contributed by atoms with E-state index in [1.165, 1.54) is 25.7 Å². The zero-order valence-corrected chi connectivity index (χ0v) is 20.0. The van der Waals surface area contributed by atoms with Gasteiger partial charge in [-0.05, 0) is 58.2 Å². The largest absolute Gasteiger partial charge is 0.501 e. The van der Waals surface area contributed by atoms with Crippen LogP contribution in [0.2, 0.25) is 6.04 Å². The first-order valence-corrected chi connectivity index (χ1v) is 13.5. The van der Waals surface area contributed by atoms with E-state index < -0.39 is 14.6 Å². The fourth-order valence-electron chi connectivity index (χ4n) is 4.46. The first kappa shape index (κ1) is 23.5. The second kappa shape index (κ2) is 11.0. The van der Waals surface area contributed by atoms with Crippen LogP contribution in [0.5, 0.6) is 11.5 Å². The van der Waals surface area contributed by atoms with Crippen molar-refractivity contribution < 1.29 is 27.5 Å². The van der Waals surface area contributed by atoms with Gasteiger partial charge >= 0.3 is 8.80 Å². The molecule has 6 nitrogen and oxygen atoms in total. The highest BCUT2D eigenvalue weighted by molar-refractivity contribution is 6.60. The van der Waals surface area contributed by atoms with E-state index in [0.29, 0.717) is 39.0 Å². The number of fused-ring (bicyclic) bond motifs is 1. The number of ether oxygens (including phenoxy) is 3. The first-order valence-electron chi connectivity index (χ1n) is 11.5. The molecule has 1 aliphatic carbocycles. The molecule has 0 spiro atoms. The molecule has 0 amide bonds. The van der Waals surface area contributed by atoms with Crippen LogP contribution < -0.4 is 9.47 Å². The van der Waals surface area contributed by atoms with Crippen molar-refractivity contribution in [3.63, 3.8) is 0 Å². The van der Waals surface area contributed by atoms with Crippen molar-refractivity contribution in [3.8, 4) is 11.5 Å². The summed E-state index contributed by atoms with van der Waals surface area (Å²) < 4.78 is 36.2. The number of rotatable bonds is 12. The van der Waals surface area contributed by atoms with Gasteiger partial charge in [-0.1, -0.05) is 12.8 Å². The summed E-state index contributed by atoms with van der Waals surface area (Å²) >= 11 is 0. The normalized spacial score (nSPS) is 22.0. The molecular weight excluding hydrogens is 400 g/mol. The Bertz CT molecular complexity index is 646. The summed E-state index contributed by atoms with van der Waals surface area (Å²) in [6.45, 7) is 11.0. The molecule has 0 radical (unpaired) electrons. The molecule has 1 aliphatic heterocycles. The second-order valence-corrected chi connectivity index (χ2v) is 10.8. The maximum Gasteiger partial charge on any atom is 0.501 e. The standard InChI is InChI=1S/C23H38O6Si/c1-5-26-30(27-6-2,28-7-3)16-10-15-24-21-13-14-22-19(17-21)18-25-23(4,29-22)20-11-8-9-12-20/h13-14,17,20H,5-12,15-16,18H2,1-4H3. The van der Waals surface area contributed by atoms with Crippen LogP contribution >= 0.6 is 0 Å². The van der Waals surface area contributed by atoms with Gasteiger partial charge in [-0.3, -0.25) is 0 Å². The molecule has 3 rings (SSSR count). The van der Waals surface area contributed by atoms with Gasteiger partial charge in [0.05, 0.1) is 13.2 Å². The molecular formula is C23H38O6Si. The van der Waals surface area contributed by atoms with Gasteiger partial charge in [-0.2, -0.15) is 0 Å². The molecule has 0 aromatic heterocycles. The van der Waals surface area contributed by atoms with Crippen molar-refractivity contribution in [2.75, 3.05) is 26.4 Å². The molecule has 1 aromatic rings. The highest BCUT2D eigenvalue weighted by atomic mass is 28.4. The lowest BCUT2D eigenvalue weighted by atomic mass is 9.97. The van der Waals surface area contributed by atoms with Crippen LogP contribution in [0.1, 0.15) is 65.4 Å². The van der Waals surface area contributed by atoms with Crippen molar-refractivity contribution in [2.45, 2.75) is 78.2 Å². The Balaban J connectivity index is 1.52. The van der Waals surface area contributed by atoms with Crippen LogP contribution in [-0.2, 0) is 24.6 Å². The molecule has 1 heterocycles. The Morgan fingerprint density at radius 2 is 1.70 bits per heavy atom. The summed E-state index contributed by atoms with van der Waals surface area (Å²) in [4.78, 5) is 0. The Morgan fingerprint density at radius 3 is 2.33 bits per heavy atom. The molecule has 1 saturated carbocycles. The molecule has 1 atom stereocenters. The van der Waals surface area contributed by atoms with Crippen molar-refractivity contribution >= 4 is 8.80 Å². The molecule has 2 aliphatic rings. The lowest BCUT2D eigenvalue weighted by Crippen LogP contribution is -2.46. The molecule has 1 aromatic carbocycles. The quantitative estimate of drug-likeness (QED) is 0.325. The lowest BCUT2D eigenvalue weighted by Gasteiger charge is -2.40. The van der Waals surface area contributed by atoms with Crippen LogP contribution in [0, 0.1) is 5.92 Å². The van der Waals surface area contributed by atoms with E-state index in [0.717, 1.165) is 29.5 Å². The highest BCUT2D eigenvalue weighted by Crippen LogP contribution is 2.42. The summed E-state index contributed by atoms with van der Waals surface area (Å²) in [5.41, 5.74) is 1.05. The van der Waals surface area contributed by atoms with E-state index in [9.17, 15) is 0 Å². The van der Waals surface area contributed by atoms with E-state index in [-0.39, 0.29) is 0 Å². The molecule has 7 heteroatoms. The topological polar surface area (TPSA) is 55.4 Å². The molecule has 1 fully saturated rings. The number of hydrogen-bond donors (Lipinski definition) is 0. The first-order chi connectivity index (χ1) is 14.5. The Kier molecular flexibility index (Phi) is 8.59. The monoisotopic (exact) mass is 438 g/mol. The summed E-state index contributed by atoms with van der Waals surface area (Å²) in [5.74, 6) is 1.73. The molecule has 30 heavy (non-hydrogen) atoms. The van der Waals surface area contributed by atoms with Crippen molar-refractivity contribution in [1.29, 1.82) is 0 Å². The fraction of sp³-hybridized carbons (Fsp3) is 0.739. The third-order valence-electron chi connectivity index (χ3n) is 5.94. The van der Waals surface area contributed by atoms with Gasteiger partial charge in [-0.15, -0.1) is 0 Å². The lowest BCUT2D eigenvalue weighted by molar-refractivity contribution is -0.224. The second-order valence-electron chi connectivity index (χ2n) is 8.09. The minimum absolute atomic E-state index is 0.479. The molecule has 1 unspecified atom stereocenters. The smallest absolute Gasteiger partial charge is 0.494 e. The Morgan fingerprint density at radius 1 is 1.03 bits per heavy atom. The van der Waals surface area contributed by atoms with Gasteiger partial charge in [0.25, 0.3) is 0 Å². The minimum atomic E-state index is -2.61. The van der Waals surface area contributed by atoms with Gasteiger partial charge in [0.15, 0.2) is 0 Å². The van der Waals surface area contributed by atoms with E-state index >= 15 is 0 Å². The highest BCUT2D eigenvalue weighted by Gasteiger charge is 2.42.